The van der Waals surface area contributed by atoms with Gasteiger partial charge in [-0.05, 0) is 44.0 Å². The Balaban J connectivity index is 1.81. The Morgan fingerprint density at radius 3 is 2.59 bits per heavy atom. The molecular weight excluding hydrogens is 344 g/mol. The average molecular weight is 368 g/mol. The first kappa shape index (κ1) is 19.0. The smallest absolute Gasteiger partial charge is 0.339 e. The number of rotatable bonds is 5. The number of esters is 1. The molecule has 0 saturated carbocycles. The largest absolute Gasteiger partial charge is 0.465 e. The molecule has 0 N–H and O–H groups in total. The lowest BCUT2D eigenvalue weighted by Gasteiger charge is -2.33. The molecule has 27 heavy (non-hydrogen) atoms. The van der Waals surface area contributed by atoms with Crippen LogP contribution in [-0.2, 0) is 9.47 Å². The summed E-state index contributed by atoms with van der Waals surface area (Å²) in [5.41, 5.74) is 2.57. The van der Waals surface area contributed by atoms with E-state index in [1.807, 2.05) is 36.1 Å². The SMILES string of the molecule is CCN(C(=O)c1cccc(-c2ccc(C(=O)OC)cn2)c1)C1CCOCC1. The number of nitrogens with zero attached hydrogens (tertiary/aromatic N) is 2. The first-order valence-corrected chi connectivity index (χ1v) is 9.17. The van der Waals surface area contributed by atoms with E-state index in [0.717, 1.165) is 18.4 Å². The van der Waals surface area contributed by atoms with Crippen LogP contribution in [0.3, 0.4) is 0 Å². The molecule has 0 radical (unpaired) electrons. The summed E-state index contributed by atoms with van der Waals surface area (Å²) >= 11 is 0. The van der Waals surface area contributed by atoms with Crippen molar-refractivity contribution in [3.63, 3.8) is 0 Å². The Kier molecular flexibility index (Phi) is 6.19. The fourth-order valence-corrected chi connectivity index (χ4v) is 3.35. The van der Waals surface area contributed by atoms with Gasteiger partial charge in [-0.3, -0.25) is 9.78 Å². The topological polar surface area (TPSA) is 68.7 Å². The lowest BCUT2D eigenvalue weighted by Crippen LogP contribution is -2.43. The number of hydrogen-bond donors (Lipinski definition) is 0. The summed E-state index contributed by atoms with van der Waals surface area (Å²) in [4.78, 5) is 30.8. The van der Waals surface area contributed by atoms with Gasteiger partial charge in [0, 0.05) is 43.1 Å². The molecule has 6 nitrogen and oxygen atoms in total. The van der Waals surface area contributed by atoms with Gasteiger partial charge in [0.1, 0.15) is 0 Å². The van der Waals surface area contributed by atoms with Crippen LogP contribution in [0.1, 0.15) is 40.5 Å². The van der Waals surface area contributed by atoms with Crippen LogP contribution in [0.25, 0.3) is 11.3 Å². The monoisotopic (exact) mass is 368 g/mol. The van der Waals surface area contributed by atoms with Gasteiger partial charge < -0.3 is 14.4 Å². The van der Waals surface area contributed by atoms with Gasteiger partial charge in [-0.15, -0.1) is 0 Å². The predicted molar refractivity (Wildman–Crippen MR) is 102 cm³/mol. The maximum absolute atomic E-state index is 13.0. The Morgan fingerprint density at radius 2 is 1.96 bits per heavy atom. The second kappa shape index (κ2) is 8.77. The molecule has 1 aliphatic rings. The lowest BCUT2D eigenvalue weighted by atomic mass is 10.0. The Morgan fingerprint density at radius 1 is 1.19 bits per heavy atom. The van der Waals surface area contributed by atoms with Crippen LogP contribution >= 0.6 is 0 Å². The van der Waals surface area contributed by atoms with E-state index in [1.54, 1.807) is 12.1 Å². The summed E-state index contributed by atoms with van der Waals surface area (Å²) in [7, 11) is 1.34. The van der Waals surface area contributed by atoms with Crippen molar-refractivity contribution < 1.29 is 19.1 Å². The van der Waals surface area contributed by atoms with Crippen LogP contribution in [0.5, 0.6) is 0 Å². The van der Waals surface area contributed by atoms with Crippen molar-refractivity contribution in [2.75, 3.05) is 26.9 Å². The third-order valence-electron chi connectivity index (χ3n) is 4.82. The number of carbonyl (C=O) groups excluding carboxylic acids is 2. The van der Waals surface area contributed by atoms with Crippen molar-refractivity contribution in [2.45, 2.75) is 25.8 Å². The highest BCUT2D eigenvalue weighted by Gasteiger charge is 2.25. The minimum atomic E-state index is -0.423. The summed E-state index contributed by atoms with van der Waals surface area (Å²) < 4.78 is 10.1. The lowest BCUT2D eigenvalue weighted by molar-refractivity contribution is 0.0305. The van der Waals surface area contributed by atoms with Crippen molar-refractivity contribution in [2.24, 2.45) is 0 Å². The van der Waals surface area contributed by atoms with Crippen LogP contribution in [0.4, 0.5) is 0 Å². The predicted octanol–water partition coefficient (Wildman–Crippen LogP) is 3.18. The molecule has 2 aromatic rings. The van der Waals surface area contributed by atoms with E-state index < -0.39 is 5.97 Å². The van der Waals surface area contributed by atoms with E-state index in [4.69, 9.17) is 9.47 Å². The molecule has 0 bridgehead atoms. The molecule has 1 fully saturated rings. The molecule has 1 aliphatic heterocycles. The highest BCUT2D eigenvalue weighted by atomic mass is 16.5. The van der Waals surface area contributed by atoms with Crippen molar-refractivity contribution in [1.82, 2.24) is 9.88 Å². The molecule has 0 unspecified atom stereocenters. The van der Waals surface area contributed by atoms with Crippen LogP contribution < -0.4 is 0 Å². The van der Waals surface area contributed by atoms with Gasteiger partial charge in [-0.2, -0.15) is 0 Å². The summed E-state index contributed by atoms with van der Waals surface area (Å²) in [6, 6.07) is 11.1. The van der Waals surface area contributed by atoms with E-state index in [-0.39, 0.29) is 11.9 Å². The molecule has 3 rings (SSSR count). The molecule has 1 aromatic heterocycles. The second-order valence-corrected chi connectivity index (χ2v) is 6.44. The van der Waals surface area contributed by atoms with Gasteiger partial charge in [0.05, 0.1) is 18.4 Å². The number of benzene rings is 1. The third kappa shape index (κ3) is 4.34. The van der Waals surface area contributed by atoms with Gasteiger partial charge in [0.25, 0.3) is 5.91 Å². The minimum Gasteiger partial charge on any atom is -0.465 e. The highest BCUT2D eigenvalue weighted by molar-refractivity contribution is 5.95. The van der Waals surface area contributed by atoms with Crippen LogP contribution in [-0.4, -0.2) is 54.7 Å². The van der Waals surface area contributed by atoms with Gasteiger partial charge in [-0.25, -0.2) is 4.79 Å². The van der Waals surface area contributed by atoms with E-state index in [9.17, 15) is 9.59 Å². The van der Waals surface area contributed by atoms with Crippen LogP contribution in [0.15, 0.2) is 42.6 Å². The molecule has 6 heteroatoms. The zero-order valence-corrected chi connectivity index (χ0v) is 15.7. The minimum absolute atomic E-state index is 0.0254. The van der Waals surface area contributed by atoms with Gasteiger partial charge >= 0.3 is 5.97 Å². The van der Waals surface area contributed by atoms with Crippen molar-refractivity contribution in [3.05, 3.63) is 53.7 Å². The number of methoxy groups -OCH3 is 1. The molecule has 0 atom stereocenters. The molecule has 142 valence electrons. The van der Waals surface area contributed by atoms with Crippen molar-refractivity contribution in [1.29, 1.82) is 0 Å². The summed E-state index contributed by atoms with van der Waals surface area (Å²) in [5.74, 6) is -0.398. The summed E-state index contributed by atoms with van der Waals surface area (Å²) in [6.45, 7) is 4.07. The van der Waals surface area contributed by atoms with E-state index in [0.29, 0.717) is 36.6 Å². The normalized spacial score (nSPS) is 14.6. The summed E-state index contributed by atoms with van der Waals surface area (Å²) in [5, 5.41) is 0. The quantitative estimate of drug-likeness (QED) is 0.758. The zero-order chi connectivity index (χ0) is 19.2. The van der Waals surface area contributed by atoms with Crippen molar-refractivity contribution >= 4 is 11.9 Å². The number of amides is 1. The van der Waals surface area contributed by atoms with E-state index in [1.165, 1.54) is 13.3 Å². The molecular formula is C21H24N2O4. The first-order valence-electron chi connectivity index (χ1n) is 9.17. The van der Waals surface area contributed by atoms with E-state index >= 15 is 0 Å². The maximum atomic E-state index is 13.0. The van der Waals surface area contributed by atoms with Gasteiger partial charge in [0.2, 0.25) is 0 Å². The second-order valence-electron chi connectivity index (χ2n) is 6.44. The van der Waals surface area contributed by atoms with E-state index in [2.05, 4.69) is 4.98 Å². The summed E-state index contributed by atoms with van der Waals surface area (Å²) in [6.07, 6.45) is 3.22. The van der Waals surface area contributed by atoms with Crippen LogP contribution in [0.2, 0.25) is 0 Å². The zero-order valence-electron chi connectivity index (χ0n) is 15.7. The number of aromatic nitrogens is 1. The Hall–Kier alpha value is -2.73. The third-order valence-corrected chi connectivity index (χ3v) is 4.82. The fraction of sp³-hybridized carbons (Fsp3) is 0.381. The molecule has 1 saturated heterocycles. The van der Waals surface area contributed by atoms with Gasteiger partial charge in [-0.1, -0.05) is 12.1 Å². The fourth-order valence-electron chi connectivity index (χ4n) is 3.35. The first-order chi connectivity index (χ1) is 13.1. The molecule has 1 aromatic carbocycles. The van der Waals surface area contributed by atoms with Crippen LogP contribution in [0, 0.1) is 0 Å². The number of ether oxygens (including phenoxy) is 2. The maximum Gasteiger partial charge on any atom is 0.339 e. The average Bonchev–Trinajstić information content (AvgIpc) is 2.74. The number of pyridine rings is 1. The number of carbonyl (C=O) groups is 2. The van der Waals surface area contributed by atoms with Crippen molar-refractivity contribution in [3.8, 4) is 11.3 Å². The Bertz CT molecular complexity index is 798. The Labute approximate surface area is 159 Å². The van der Waals surface area contributed by atoms with Gasteiger partial charge in [0.15, 0.2) is 0 Å². The highest BCUT2D eigenvalue weighted by Crippen LogP contribution is 2.22. The molecule has 0 aliphatic carbocycles. The standard InChI is InChI=1S/C21H24N2O4/c1-3-23(18-9-11-27-12-10-18)20(24)16-6-4-5-15(13-16)19-8-7-17(14-22-19)21(25)26-2/h4-8,13-14,18H,3,9-12H2,1-2H3. The molecule has 0 spiro atoms. The number of hydrogen-bond acceptors (Lipinski definition) is 5. The molecule has 1 amide bonds. The molecule has 2 heterocycles.